The molecule has 2 heterocycles. The molecule has 0 spiro atoms. The Morgan fingerprint density at radius 1 is 1.32 bits per heavy atom. The van der Waals surface area contributed by atoms with Crippen molar-refractivity contribution in [1.29, 1.82) is 0 Å². The van der Waals surface area contributed by atoms with Gasteiger partial charge in [-0.1, -0.05) is 25.6 Å². The average Bonchev–Trinajstić information content (AvgIpc) is 2.72. The molecule has 0 aliphatic heterocycles. The van der Waals surface area contributed by atoms with Crippen LogP contribution in [-0.2, 0) is 4.74 Å². The molecule has 6 heteroatoms. The van der Waals surface area contributed by atoms with Crippen LogP contribution in [0.5, 0.6) is 0 Å². The van der Waals surface area contributed by atoms with Crippen molar-refractivity contribution in [2.75, 3.05) is 0 Å². The fraction of sp³-hybridized carbons (Fsp3) is 0.438. The topological polar surface area (TPSA) is 57.0 Å². The Bertz CT molecular complexity index is 771. The van der Waals surface area contributed by atoms with Gasteiger partial charge >= 0.3 is 6.09 Å². The summed E-state index contributed by atoms with van der Waals surface area (Å²) in [5.74, 6) is 3.17. The van der Waals surface area contributed by atoms with Gasteiger partial charge in [-0.3, -0.25) is 0 Å². The van der Waals surface area contributed by atoms with Crippen molar-refractivity contribution in [2.45, 2.75) is 46.0 Å². The van der Waals surface area contributed by atoms with Crippen LogP contribution in [0, 0.1) is 11.5 Å². The molecule has 2 aromatic rings. The molecule has 0 atom stereocenters. The first-order valence-electron chi connectivity index (χ1n) is 7.14. The van der Waals surface area contributed by atoms with Gasteiger partial charge in [-0.05, 0) is 20.8 Å². The van der Waals surface area contributed by atoms with E-state index in [-0.39, 0.29) is 0 Å². The van der Waals surface area contributed by atoms with Gasteiger partial charge in [0.25, 0.3) is 0 Å². The number of hydrogen-bond donors (Lipinski definition) is 0. The summed E-state index contributed by atoms with van der Waals surface area (Å²) in [5, 5.41) is 0.763. The Balaban J connectivity index is 2.53. The van der Waals surface area contributed by atoms with Crippen molar-refractivity contribution in [3.8, 4) is 11.5 Å². The zero-order chi connectivity index (χ0) is 16.5. The minimum atomic E-state index is -1.51. The lowest BCUT2D eigenvalue weighted by Gasteiger charge is -2.19. The molecule has 0 saturated heterocycles. The predicted molar refractivity (Wildman–Crippen MR) is 89.4 cm³/mol. The fourth-order valence-corrected chi connectivity index (χ4v) is 2.28. The lowest BCUT2D eigenvalue weighted by atomic mass is 10.2. The summed E-state index contributed by atoms with van der Waals surface area (Å²) in [6, 6.07) is 0. The highest BCUT2D eigenvalue weighted by Crippen LogP contribution is 2.19. The number of nitrogens with zero attached hydrogens (tertiary/aromatic N) is 3. The van der Waals surface area contributed by atoms with Crippen LogP contribution in [0.3, 0.4) is 0 Å². The maximum Gasteiger partial charge on any atom is 0.420 e. The molecule has 5 nitrogen and oxygen atoms in total. The summed E-state index contributed by atoms with van der Waals surface area (Å²) in [4.78, 5) is 20.6. The molecule has 0 N–H and O–H groups in total. The lowest BCUT2D eigenvalue weighted by molar-refractivity contribution is 0.0543. The van der Waals surface area contributed by atoms with Crippen LogP contribution >= 0.6 is 0 Å². The molecular formula is C16H21N3O2Si. The third-order valence-electron chi connectivity index (χ3n) is 2.63. The Kier molecular flexibility index (Phi) is 4.12. The van der Waals surface area contributed by atoms with Crippen molar-refractivity contribution < 1.29 is 9.53 Å². The Labute approximate surface area is 131 Å². The average molecular weight is 315 g/mol. The lowest BCUT2D eigenvalue weighted by Crippen LogP contribution is -2.26. The molecule has 116 valence electrons. The van der Waals surface area contributed by atoms with Crippen LogP contribution in [0.2, 0.25) is 19.6 Å². The largest absolute Gasteiger partial charge is 0.443 e. The number of carbonyl (C=O) groups excluding carboxylic acids is 1. The quantitative estimate of drug-likeness (QED) is 0.552. The van der Waals surface area contributed by atoms with Crippen LogP contribution in [0.25, 0.3) is 11.0 Å². The molecule has 22 heavy (non-hydrogen) atoms. The number of carbonyl (C=O) groups is 1. The van der Waals surface area contributed by atoms with Gasteiger partial charge in [0.15, 0.2) is 5.65 Å². The van der Waals surface area contributed by atoms with Crippen LogP contribution in [0.15, 0.2) is 18.7 Å². The summed E-state index contributed by atoms with van der Waals surface area (Å²) in [7, 11) is -1.51. The second-order valence-electron chi connectivity index (χ2n) is 7.15. The molecule has 0 aliphatic carbocycles. The molecular weight excluding hydrogens is 294 g/mol. The van der Waals surface area contributed by atoms with E-state index in [0.29, 0.717) is 5.65 Å². The first-order valence-corrected chi connectivity index (χ1v) is 10.6. The second-order valence-corrected chi connectivity index (χ2v) is 11.9. The first-order chi connectivity index (χ1) is 10.1. The van der Waals surface area contributed by atoms with Crippen LogP contribution in [0.1, 0.15) is 26.3 Å². The zero-order valence-electron chi connectivity index (χ0n) is 13.9. The molecule has 2 rings (SSSR count). The van der Waals surface area contributed by atoms with Crippen molar-refractivity contribution in [3.05, 3.63) is 24.3 Å². The summed E-state index contributed by atoms with van der Waals surface area (Å²) in [5.41, 5.74) is 4.01. The molecule has 0 aromatic carbocycles. The van der Waals surface area contributed by atoms with Crippen LogP contribution in [-0.4, -0.2) is 34.3 Å². The monoisotopic (exact) mass is 315 g/mol. The van der Waals surface area contributed by atoms with E-state index < -0.39 is 19.8 Å². The standard InChI is InChI=1S/C16H21N3O2Si/c1-16(2,3)21-15(20)19-10-12(7-8-22(4,5)6)13-9-17-11-18-14(13)19/h9-11H,1-6H3. The van der Waals surface area contributed by atoms with Gasteiger partial charge < -0.3 is 4.74 Å². The first kappa shape index (κ1) is 16.2. The van der Waals surface area contributed by atoms with Gasteiger partial charge in [-0.15, -0.1) is 5.54 Å². The van der Waals surface area contributed by atoms with Crippen molar-refractivity contribution in [2.24, 2.45) is 0 Å². The zero-order valence-corrected chi connectivity index (χ0v) is 14.9. The number of hydrogen-bond acceptors (Lipinski definition) is 4. The number of rotatable bonds is 0. The van der Waals surface area contributed by atoms with Crippen molar-refractivity contribution in [3.63, 3.8) is 0 Å². The summed E-state index contributed by atoms with van der Waals surface area (Å²) < 4.78 is 6.81. The van der Waals surface area contributed by atoms with E-state index in [1.165, 1.54) is 10.9 Å². The van der Waals surface area contributed by atoms with Crippen LogP contribution < -0.4 is 0 Å². The van der Waals surface area contributed by atoms with E-state index in [4.69, 9.17) is 4.74 Å². The normalized spacial score (nSPS) is 11.9. The van der Waals surface area contributed by atoms with E-state index in [0.717, 1.165) is 10.9 Å². The van der Waals surface area contributed by atoms with E-state index in [1.54, 1.807) is 12.4 Å². The van der Waals surface area contributed by atoms with E-state index in [1.807, 2.05) is 20.8 Å². The van der Waals surface area contributed by atoms with Gasteiger partial charge in [0.05, 0.1) is 10.9 Å². The number of ether oxygens (including phenoxy) is 1. The maximum absolute atomic E-state index is 12.3. The molecule has 0 radical (unpaired) electrons. The maximum atomic E-state index is 12.3. The highest BCUT2D eigenvalue weighted by molar-refractivity contribution is 6.83. The Hall–Kier alpha value is -2.13. The molecule has 0 fully saturated rings. The molecule has 0 aliphatic rings. The second kappa shape index (κ2) is 5.58. The number of aromatic nitrogens is 3. The smallest absolute Gasteiger partial charge is 0.420 e. The molecule has 0 saturated carbocycles. The van der Waals surface area contributed by atoms with Gasteiger partial charge in [0.2, 0.25) is 0 Å². The summed E-state index contributed by atoms with van der Waals surface area (Å²) >= 11 is 0. The van der Waals surface area contributed by atoms with E-state index >= 15 is 0 Å². The molecule has 0 amide bonds. The van der Waals surface area contributed by atoms with Crippen molar-refractivity contribution >= 4 is 25.2 Å². The van der Waals surface area contributed by atoms with E-state index in [2.05, 4.69) is 41.1 Å². The van der Waals surface area contributed by atoms with Gasteiger partial charge in [0.1, 0.15) is 20.0 Å². The third-order valence-corrected chi connectivity index (χ3v) is 3.51. The Morgan fingerprint density at radius 3 is 2.59 bits per heavy atom. The molecule has 0 bridgehead atoms. The highest BCUT2D eigenvalue weighted by Gasteiger charge is 2.21. The summed E-state index contributed by atoms with van der Waals surface area (Å²) in [6.45, 7) is 12.0. The van der Waals surface area contributed by atoms with E-state index in [9.17, 15) is 4.79 Å². The third kappa shape index (κ3) is 3.95. The molecule has 2 aromatic heterocycles. The predicted octanol–water partition coefficient (Wildman–Crippen LogP) is 3.44. The Morgan fingerprint density at radius 2 is 2.00 bits per heavy atom. The minimum Gasteiger partial charge on any atom is -0.443 e. The van der Waals surface area contributed by atoms with Gasteiger partial charge in [-0.25, -0.2) is 19.3 Å². The SMILES string of the molecule is CC(C)(C)OC(=O)n1cc(C#C[Si](C)(C)C)c2cncnc21. The number of fused-ring (bicyclic) bond motifs is 1. The molecule has 0 unspecified atom stereocenters. The van der Waals surface area contributed by atoms with Crippen molar-refractivity contribution in [1.82, 2.24) is 14.5 Å². The fourth-order valence-electron chi connectivity index (χ4n) is 1.77. The summed E-state index contributed by atoms with van der Waals surface area (Å²) in [6.07, 6.45) is 4.31. The van der Waals surface area contributed by atoms with Crippen LogP contribution in [0.4, 0.5) is 4.79 Å². The van der Waals surface area contributed by atoms with Gasteiger partial charge in [-0.2, -0.15) is 0 Å². The minimum absolute atomic E-state index is 0.461. The van der Waals surface area contributed by atoms with Gasteiger partial charge in [0, 0.05) is 12.4 Å². The highest BCUT2D eigenvalue weighted by atomic mass is 28.3.